The minimum Gasteiger partial charge on any atom is -0.294 e. The van der Waals surface area contributed by atoms with Crippen LogP contribution in [-0.2, 0) is 0 Å². The van der Waals surface area contributed by atoms with Gasteiger partial charge in [0, 0.05) is 22.4 Å². The van der Waals surface area contributed by atoms with Gasteiger partial charge in [-0.15, -0.1) is 0 Å². The molecule has 0 bridgehead atoms. The molecule has 0 radical (unpaired) electrons. The summed E-state index contributed by atoms with van der Waals surface area (Å²) < 4.78 is 13.9. The van der Waals surface area contributed by atoms with Crippen molar-refractivity contribution in [2.45, 2.75) is 12.3 Å². The molecule has 0 unspecified atom stereocenters. The Kier molecular flexibility index (Phi) is 2.78. The lowest BCUT2D eigenvalue weighted by Gasteiger charge is -2.11. The predicted octanol–water partition coefficient (Wildman–Crippen LogP) is 4.31. The van der Waals surface area contributed by atoms with Crippen LogP contribution in [0.1, 0.15) is 33.8 Å². The quantitative estimate of drug-likeness (QED) is 0.767. The molecule has 2 aromatic rings. The first-order chi connectivity index (χ1) is 8.65. The number of carbonyl (C=O) groups excluding carboxylic acids is 1. The number of Topliss-reactive ketones (excluding diaryl/α,β-unsaturated/α-hetero) is 1. The fraction of sp³-hybridized carbons (Fsp3) is 0.133. The number of halogens is 2. The Hall–Kier alpha value is -1.48. The van der Waals surface area contributed by atoms with Crippen molar-refractivity contribution >= 4 is 21.7 Å². The standard InChI is InChI=1S/C15H10BrFO/c16-10-3-6-12-14(7-10)13(8-15(12)18)9-1-4-11(17)5-2-9/h1-7,13H,8H2/t13-/m1/s1. The van der Waals surface area contributed by atoms with Gasteiger partial charge in [0.2, 0.25) is 0 Å². The smallest absolute Gasteiger partial charge is 0.164 e. The molecule has 1 atom stereocenters. The number of benzene rings is 2. The monoisotopic (exact) mass is 304 g/mol. The first-order valence-corrected chi connectivity index (χ1v) is 6.52. The molecule has 0 aliphatic heterocycles. The van der Waals surface area contributed by atoms with Gasteiger partial charge in [-0.3, -0.25) is 4.79 Å². The van der Waals surface area contributed by atoms with Gasteiger partial charge in [0.05, 0.1) is 0 Å². The molecule has 0 fully saturated rings. The third-order valence-corrected chi connectivity index (χ3v) is 3.84. The highest BCUT2D eigenvalue weighted by molar-refractivity contribution is 9.10. The van der Waals surface area contributed by atoms with Gasteiger partial charge < -0.3 is 0 Å². The average Bonchev–Trinajstić information content (AvgIpc) is 2.67. The van der Waals surface area contributed by atoms with Crippen molar-refractivity contribution in [1.29, 1.82) is 0 Å². The molecular weight excluding hydrogens is 295 g/mol. The maximum Gasteiger partial charge on any atom is 0.164 e. The van der Waals surface area contributed by atoms with E-state index in [-0.39, 0.29) is 17.5 Å². The van der Waals surface area contributed by atoms with Crippen molar-refractivity contribution in [2.75, 3.05) is 0 Å². The van der Waals surface area contributed by atoms with E-state index in [1.165, 1.54) is 12.1 Å². The molecular formula is C15H10BrFO. The average molecular weight is 305 g/mol. The summed E-state index contributed by atoms with van der Waals surface area (Å²) in [5.41, 5.74) is 2.80. The number of hydrogen-bond donors (Lipinski definition) is 0. The summed E-state index contributed by atoms with van der Waals surface area (Å²) in [6.45, 7) is 0. The molecule has 18 heavy (non-hydrogen) atoms. The van der Waals surface area contributed by atoms with Crippen LogP contribution in [0.3, 0.4) is 0 Å². The van der Waals surface area contributed by atoms with Gasteiger partial charge >= 0.3 is 0 Å². The van der Waals surface area contributed by atoms with Crippen LogP contribution in [0.4, 0.5) is 4.39 Å². The molecule has 0 saturated heterocycles. The Morgan fingerprint density at radius 1 is 1.11 bits per heavy atom. The predicted molar refractivity (Wildman–Crippen MR) is 71.3 cm³/mol. The second-order valence-electron chi connectivity index (χ2n) is 4.46. The summed E-state index contributed by atoms with van der Waals surface area (Å²) in [7, 11) is 0. The normalized spacial score (nSPS) is 17.9. The Labute approximate surface area is 113 Å². The largest absolute Gasteiger partial charge is 0.294 e. The lowest BCUT2D eigenvalue weighted by molar-refractivity contribution is 0.0991. The lowest BCUT2D eigenvalue weighted by atomic mass is 9.93. The van der Waals surface area contributed by atoms with E-state index in [0.717, 1.165) is 21.2 Å². The highest BCUT2D eigenvalue weighted by Crippen LogP contribution is 2.39. The molecule has 1 aliphatic carbocycles. The van der Waals surface area contributed by atoms with E-state index in [1.807, 2.05) is 18.2 Å². The second kappa shape index (κ2) is 4.32. The second-order valence-corrected chi connectivity index (χ2v) is 5.38. The summed E-state index contributed by atoms with van der Waals surface area (Å²) in [6.07, 6.45) is 0.470. The summed E-state index contributed by atoms with van der Waals surface area (Å²) in [4.78, 5) is 11.9. The van der Waals surface area contributed by atoms with Gasteiger partial charge in [-0.05, 0) is 41.5 Å². The van der Waals surface area contributed by atoms with E-state index in [0.29, 0.717) is 6.42 Å². The zero-order valence-corrected chi connectivity index (χ0v) is 11.1. The van der Waals surface area contributed by atoms with Crippen LogP contribution >= 0.6 is 15.9 Å². The van der Waals surface area contributed by atoms with Crippen LogP contribution in [0.5, 0.6) is 0 Å². The van der Waals surface area contributed by atoms with Crippen LogP contribution in [0.25, 0.3) is 0 Å². The molecule has 90 valence electrons. The van der Waals surface area contributed by atoms with E-state index in [4.69, 9.17) is 0 Å². The topological polar surface area (TPSA) is 17.1 Å². The van der Waals surface area contributed by atoms with E-state index >= 15 is 0 Å². The van der Waals surface area contributed by atoms with Crippen LogP contribution in [0, 0.1) is 5.82 Å². The lowest BCUT2D eigenvalue weighted by Crippen LogP contribution is -1.96. The Bertz CT molecular complexity index is 619. The Morgan fingerprint density at radius 3 is 2.56 bits per heavy atom. The van der Waals surface area contributed by atoms with E-state index in [1.54, 1.807) is 12.1 Å². The number of rotatable bonds is 1. The van der Waals surface area contributed by atoms with Gasteiger partial charge in [0.25, 0.3) is 0 Å². The summed E-state index contributed by atoms with van der Waals surface area (Å²) in [6, 6.07) is 12.1. The molecule has 0 amide bonds. The Morgan fingerprint density at radius 2 is 1.83 bits per heavy atom. The van der Waals surface area contributed by atoms with Gasteiger partial charge in [0.15, 0.2) is 5.78 Å². The molecule has 0 aromatic heterocycles. The molecule has 0 spiro atoms. The van der Waals surface area contributed by atoms with Crippen LogP contribution in [0.15, 0.2) is 46.9 Å². The van der Waals surface area contributed by atoms with Gasteiger partial charge in [-0.25, -0.2) is 4.39 Å². The first-order valence-electron chi connectivity index (χ1n) is 5.73. The number of fused-ring (bicyclic) bond motifs is 1. The number of carbonyl (C=O) groups is 1. The minimum atomic E-state index is -0.252. The zero-order valence-electron chi connectivity index (χ0n) is 9.49. The number of hydrogen-bond acceptors (Lipinski definition) is 1. The van der Waals surface area contributed by atoms with Gasteiger partial charge in [-0.1, -0.05) is 28.1 Å². The summed E-state index contributed by atoms with van der Waals surface area (Å²) >= 11 is 3.43. The third kappa shape index (κ3) is 1.89. The third-order valence-electron chi connectivity index (χ3n) is 3.35. The van der Waals surface area contributed by atoms with Crippen molar-refractivity contribution in [1.82, 2.24) is 0 Å². The molecule has 1 nitrogen and oxygen atoms in total. The number of ketones is 1. The maximum atomic E-state index is 12.9. The van der Waals surface area contributed by atoms with Gasteiger partial charge in [0.1, 0.15) is 5.82 Å². The van der Waals surface area contributed by atoms with Crippen molar-refractivity contribution in [3.63, 3.8) is 0 Å². The highest BCUT2D eigenvalue weighted by Gasteiger charge is 2.30. The summed E-state index contributed by atoms with van der Waals surface area (Å²) in [5, 5.41) is 0. The fourth-order valence-electron chi connectivity index (χ4n) is 2.47. The van der Waals surface area contributed by atoms with E-state index in [9.17, 15) is 9.18 Å². The molecule has 0 N–H and O–H groups in total. The van der Waals surface area contributed by atoms with Crippen LogP contribution in [0.2, 0.25) is 0 Å². The van der Waals surface area contributed by atoms with Crippen molar-refractivity contribution < 1.29 is 9.18 Å². The van der Waals surface area contributed by atoms with Crippen LogP contribution in [-0.4, -0.2) is 5.78 Å². The first kappa shape index (κ1) is 11.6. The van der Waals surface area contributed by atoms with Crippen molar-refractivity contribution in [3.05, 3.63) is 69.4 Å². The highest BCUT2D eigenvalue weighted by atomic mass is 79.9. The minimum absolute atomic E-state index is 0.0469. The molecule has 3 rings (SSSR count). The van der Waals surface area contributed by atoms with Gasteiger partial charge in [-0.2, -0.15) is 0 Å². The van der Waals surface area contributed by atoms with Crippen molar-refractivity contribution in [3.8, 4) is 0 Å². The zero-order chi connectivity index (χ0) is 12.7. The molecule has 3 heteroatoms. The van der Waals surface area contributed by atoms with E-state index < -0.39 is 0 Å². The Balaban J connectivity index is 2.09. The fourth-order valence-corrected chi connectivity index (χ4v) is 2.85. The SMILES string of the molecule is O=C1C[C@H](c2ccc(F)cc2)c2cc(Br)ccc21. The van der Waals surface area contributed by atoms with E-state index in [2.05, 4.69) is 15.9 Å². The molecule has 1 aliphatic rings. The molecule has 0 heterocycles. The van der Waals surface area contributed by atoms with Crippen molar-refractivity contribution in [2.24, 2.45) is 0 Å². The maximum absolute atomic E-state index is 12.9. The molecule has 0 saturated carbocycles. The summed E-state index contributed by atoms with van der Waals surface area (Å²) in [5.74, 6) is -0.0463. The molecule has 2 aromatic carbocycles. The van der Waals surface area contributed by atoms with Crippen LogP contribution < -0.4 is 0 Å².